The average molecular weight is 350 g/mol. The molecule has 4 rings (SSSR count). The maximum atomic E-state index is 9.70. The van der Waals surface area contributed by atoms with Gasteiger partial charge in [0.05, 0.1) is 0 Å². The van der Waals surface area contributed by atoms with Crippen molar-refractivity contribution in [1.29, 1.82) is 0 Å². The van der Waals surface area contributed by atoms with E-state index in [-0.39, 0.29) is 0 Å². The van der Waals surface area contributed by atoms with Gasteiger partial charge in [-0.1, -0.05) is 97.1 Å². The van der Waals surface area contributed by atoms with E-state index in [2.05, 4.69) is 36.4 Å². The number of hydrogen-bond acceptors (Lipinski definition) is 2. The molecule has 0 bridgehead atoms. The summed E-state index contributed by atoms with van der Waals surface area (Å²) in [5, 5.41) is 19.4. The fourth-order valence-electron chi connectivity index (χ4n) is 3.44. The van der Waals surface area contributed by atoms with Crippen LogP contribution in [-0.4, -0.2) is 17.2 Å². The van der Waals surface area contributed by atoms with Crippen LogP contribution in [0.5, 0.6) is 0 Å². The minimum atomic E-state index is -1.50. The van der Waals surface area contributed by atoms with Gasteiger partial charge in [-0.15, -0.1) is 0 Å². The van der Waals surface area contributed by atoms with Crippen LogP contribution in [-0.2, 0) is 0 Å². The van der Waals surface area contributed by atoms with Crippen molar-refractivity contribution in [3.63, 3.8) is 0 Å². The van der Waals surface area contributed by atoms with Gasteiger partial charge in [-0.2, -0.15) is 0 Å². The molecule has 2 N–H and O–H groups in total. The van der Waals surface area contributed by atoms with Crippen LogP contribution in [0.4, 0.5) is 0 Å². The standard InChI is InChI=1S/C24H19BO2/c26-25(27)24-16-7-6-15-23(24)20-12-8-11-19(17-20)22-14-5-4-13-21(22)18-9-2-1-3-10-18/h1-17,26-27H. The summed E-state index contributed by atoms with van der Waals surface area (Å²) in [5.41, 5.74) is 6.87. The fourth-order valence-corrected chi connectivity index (χ4v) is 3.44. The zero-order valence-corrected chi connectivity index (χ0v) is 14.8. The fraction of sp³-hybridized carbons (Fsp3) is 0. The van der Waals surface area contributed by atoms with Gasteiger partial charge in [0.2, 0.25) is 0 Å². The summed E-state index contributed by atoms with van der Waals surface area (Å²) < 4.78 is 0. The molecule has 27 heavy (non-hydrogen) atoms. The van der Waals surface area contributed by atoms with Gasteiger partial charge in [-0.25, -0.2) is 0 Å². The molecule has 2 nitrogen and oxygen atoms in total. The summed E-state index contributed by atoms with van der Waals surface area (Å²) in [5.74, 6) is 0. The predicted molar refractivity (Wildman–Crippen MR) is 113 cm³/mol. The van der Waals surface area contributed by atoms with Crippen molar-refractivity contribution < 1.29 is 10.0 Å². The quantitative estimate of drug-likeness (QED) is 0.537. The Balaban J connectivity index is 1.84. The summed E-state index contributed by atoms with van der Waals surface area (Å²) in [6.07, 6.45) is 0. The van der Waals surface area contributed by atoms with E-state index in [0.717, 1.165) is 22.3 Å². The minimum absolute atomic E-state index is 0.506. The molecule has 0 unspecified atom stereocenters. The lowest BCUT2D eigenvalue weighted by atomic mass is 9.75. The van der Waals surface area contributed by atoms with E-state index in [4.69, 9.17) is 0 Å². The van der Waals surface area contributed by atoms with E-state index >= 15 is 0 Å². The Labute approximate surface area is 159 Å². The number of rotatable bonds is 4. The Morgan fingerprint density at radius 3 is 1.59 bits per heavy atom. The third-order valence-corrected chi connectivity index (χ3v) is 4.74. The SMILES string of the molecule is OB(O)c1ccccc1-c1cccc(-c2ccccc2-c2ccccc2)c1. The van der Waals surface area contributed by atoms with E-state index in [1.807, 2.05) is 60.7 Å². The first-order valence-electron chi connectivity index (χ1n) is 8.94. The normalized spacial score (nSPS) is 10.6. The van der Waals surface area contributed by atoms with Gasteiger partial charge in [-0.3, -0.25) is 0 Å². The lowest BCUT2D eigenvalue weighted by Crippen LogP contribution is -2.31. The highest BCUT2D eigenvalue weighted by Crippen LogP contribution is 2.33. The lowest BCUT2D eigenvalue weighted by molar-refractivity contribution is 0.426. The molecule has 0 fully saturated rings. The molecule has 0 aromatic heterocycles. The Hall–Kier alpha value is -3.14. The number of benzene rings is 4. The van der Waals surface area contributed by atoms with E-state index in [9.17, 15) is 10.0 Å². The Morgan fingerprint density at radius 2 is 0.926 bits per heavy atom. The molecule has 3 heteroatoms. The van der Waals surface area contributed by atoms with Crippen LogP contribution in [0.2, 0.25) is 0 Å². The molecule has 4 aromatic carbocycles. The first-order valence-corrected chi connectivity index (χ1v) is 8.94. The Morgan fingerprint density at radius 1 is 0.444 bits per heavy atom. The second kappa shape index (κ2) is 7.62. The van der Waals surface area contributed by atoms with E-state index in [1.54, 1.807) is 6.07 Å². The van der Waals surface area contributed by atoms with Crippen molar-refractivity contribution in [2.45, 2.75) is 0 Å². The van der Waals surface area contributed by atoms with Crippen LogP contribution >= 0.6 is 0 Å². The summed E-state index contributed by atoms with van der Waals surface area (Å²) in [7, 11) is -1.50. The van der Waals surface area contributed by atoms with Crippen molar-refractivity contribution in [3.05, 3.63) is 103 Å². The zero-order valence-electron chi connectivity index (χ0n) is 14.8. The van der Waals surface area contributed by atoms with Gasteiger partial charge in [0, 0.05) is 0 Å². The summed E-state index contributed by atoms with van der Waals surface area (Å²) >= 11 is 0. The second-order valence-corrected chi connectivity index (χ2v) is 6.45. The van der Waals surface area contributed by atoms with Crippen LogP contribution in [0, 0.1) is 0 Å². The summed E-state index contributed by atoms with van der Waals surface area (Å²) in [6, 6.07) is 34.2. The summed E-state index contributed by atoms with van der Waals surface area (Å²) in [4.78, 5) is 0. The van der Waals surface area contributed by atoms with Crippen LogP contribution in [0.1, 0.15) is 0 Å². The van der Waals surface area contributed by atoms with Crippen LogP contribution in [0.25, 0.3) is 33.4 Å². The van der Waals surface area contributed by atoms with Crippen molar-refractivity contribution in [2.75, 3.05) is 0 Å². The largest absolute Gasteiger partial charge is 0.489 e. The highest BCUT2D eigenvalue weighted by Gasteiger charge is 2.16. The third-order valence-electron chi connectivity index (χ3n) is 4.74. The zero-order chi connectivity index (χ0) is 18.6. The molecule has 0 heterocycles. The number of hydrogen-bond donors (Lipinski definition) is 2. The molecule has 0 aliphatic rings. The van der Waals surface area contributed by atoms with Crippen LogP contribution in [0.15, 0.2) is 103 Å². The molecule has 0 radical (unpaired) electrons. The monoisotopic (exact) mass is 350 g/mol. The molecule has 4 aromatic rings. The first-order chi connectivity index (χ1) is 13.2. The predicted octanol–water partition coefficient (Wildman–Crippen LogP) is 4.37. The van der Waals surface area contributed by atoms with Gasteiger partial charge in [0.15, 0.2) is 0 Å². The summed E-state index contributed by atoms with van der Waals surface area (Å²) in [6.45, 7) is 0. The minimum Gasteiger partial charge on any atom is -0.423 e. The van der Waals surface area contributed by atoms with Gasteiger partial charge in [-0.05, 0) is 44.9 Å². The molecule has 0 saturated carbocycles. The second-order valence-electron chi connectivity index (χ2n) is 6.45. The van der Waals surface area contributed by atoms with Crippen LogP contribution in [0.3, 0.4) is 0 Å². The van der Waals surface area contributed by atoms with Crippen molar-refractivity contribution in [1.82, 2.24) is 0 Å². The Kier molecular flexibility index (Phi) is 4.88. The maximum absolute atomic E-state index is 9.70. The average Bonchev–Trinajstić information content (AvgIpc) is 2.74. The molecule has 130 valence electrons. The highest BCUT2D eigenvalue weighted by atomic mass is 16.4. The molecule has 0 aliphatic carbocycles. The van der Waals surface area contributed by atoms with Gasteiger partial charge in [0.1, 0.15) is 0 Å². The topological polar surface area (TPSA) is 40.5 Å². The molecule has 0 atom stereocenters. The van der Waals surface area contributed by atoms with Crippen LogP contribution < -0.4 is 5.46 Å². The van der Waals surface area contributed by atoms with Gasteiger partial charge in [0.25, 0.3) is 0 Å². The van der Waals surface area contributed by atoms with E-state index < -0.39 is 7.12 Å². The van der Waals surface area contributed by atoms with Crippen molar-refractivity contribution in [2.24, 2.45) is 0 Å². The van der Waals surface area contributed by atoms with Crippen molar-refractivity contribution in [3.8, 4) is 33.4 Å². The Bertz CT molecular complexity index is 1060. The smallest absolute Gasteiger partial charge is 0.423 e. The lowest BCUT2D eigenvalue weighted by Gasteiger charge is -2.13. The highest BCUT2D eigenvalue weighted by molar-refractivity contribution is 6.60. The first kappa shape index (κ1) is 17.3. The maximum Gasteiger partial charge on any atom is 0.489 e. The molecule has 0 amide bonds. The molecular formula is C24H19BO2. The van der Waals surface area contributed by atoms with Gasteiger partial charge < -0.3 is 10.0 Å². The molecular weight excluding hydrogens is 331 g/mol. The third kappa shape index (κ3) is 3.56. The molecule has 0 spiro atoms. The van der Waals surface area contributed by atoms with Gasteiger partial charge >= 0.3 is 7.12 Å². The van der Waals surface area contributed by atoms with Crippen molar-refractivity contribution >= 4 is 12.6 Å². The molecule has 0 saturated heterocycles. The molecule has 0 aliphatic heterocycles. The van der Waals surface area contributed by atoms with E-state index in [1.165, 1.54) is 11.1 Å². The van der Waals surface area contributed by atoms with E-state index in [0.29, 0.717) is 5.46 Å².